The SMILES string of the molecule is O=C1CCC(NCc2cc(Cl)ccc2Cl)C(=O)N1. The van der Waals surface area contributed by atoms with Gasteiger partial charge < -0.3 is 5.32 Å². The van der Waals surface area contributed by atoms with Crippen molar-refractivity contribution in [2.75, 3.05) is 0 Å². The van der Waals surface area contributed by atoms with Gasteiger partial charge in [0, 0.05) is 23.0 Å². The van der Waals surface area contributed by atoms with E-state index in [-0.39, 0.29) is 17.9 Å². The Labute approximate surface area is 115 Å². The molecule has 1 aromatic carbocycles. The maximum Gasteiger partial charge on any atom is 0.243 e. The van der Waals surface area contributed by atoms with E-state index >= 15 is 0 Å². The van der Waals surface area contributed by atoms with E-state index < -0.39 is 0 Å². The van der Waals surface area contributed by atoms with E-state index in [4.69, 9.17) is 23.2 Å². The summed E-state index contributed by atoms with van der Waals surface area (Å²) in [4.78, 5) is 22.5. The second-order valence-corrected chi connectivity index (χ2v) is 4.96. The van der Waals surface area contributed by atoms with Crippen molar-refractivity contribution in [3.63, 3.8) is 0 Å². The van der Waals surface area contributed by atoms with Gasteiger partial charge in [-0.3, -0.25) is 14.9 Å². The Bertz CT molecular complexity index is 491. The Morgan fingerprint density at radius 1 is 1.33 bits per heavy atom. The molecule has 0 saturated carbocycles. The Morgan fingerprint density at radius 3 is 2.83 bits per heavy atom. The maximum absolute atomic E-state index is 11.5. The molecule has 2 N–H and O–H groups in total. The highest BCUT2D eigenvalue weighted by atomic mass is 35.5. The fraction of sp³-hybridized carbons (Fsp3) is 0.333. The molecule has 1 aliphatic heterocycles. The first kappa shape index (κ1) is 13.3. The number of nitrogens with one attached hydrogen (secondary N) is 2. The topological polar surface area (TPSA) is 58.2 Å². The average molecular weight is 287 g/mol. The summed E-state index contributed by atoms with van der Waals surface area (Å²) in [5, 5.41) is 6.55. The molecule has 2 rings (SSSR count). The fourth-order valence-corrected chi connectivity index (χ4v) is 2.18. The molecule has 0 spiro atoms. The second kappa shape index (κ2) is 5.69. The first-order chi connectivity index (χ1) is 8.56. The zero-order valence-corrected chi connectivity index (χ0v) is 11.0. The Morgan fingerprint density at radius 2 is 2.11 bits per heavy atom. The first-order valence-electron chi connectivity index (χ1n) is 5.57. The number of imide groups is 1. The Balaban J connectivity index is 1.97. The third-order valence-corrected chi connectivity index (χ3v) is 3.39. The molecule has 0 aromatic heterocycles. The summed E-state index contributed by atoms with van der Waals surface area (Å²) < 4.78 is 0. The van der Waals surface area contributed by atoms with Crippen LogP contribution in [-0.2, 0) is 16.1 Å². The molecular formula is C12H12Cl2N2O2. The molecule has 1 unspecified atom stereocenters. The second-order valence-electron chi connectivity index (χ2n) is 4.12. The highest BCUT2D eigenvalue weighted by Gasteiger charge is 2.25. The Hall–Kier alpha value is -1.10. The third-order valence-electron chi connectivity index (χ3n) is 2.79. The molecule has 4 nitrogen and oxygen atoms in total. The standard InChI is InChI=1S/C12H12Cl2N2O2/c13-8-1-2-9(14)7(5-8)6-15-10-3-4-11(17)16-12(10)18/h1-2,5,10,15H,3-4,6H2,(H,16,17,18). The minimum Gasteiger partial charge on any atom is -0.302 e. The van der Waals surface area contributed by atoms with Crippen molar-refractivity contribution in [3.05, 3.63) is 33.8 Å². The molecule has 1 saturated heterocycles. The van der Waals surface area contributed by atoms with E-state index in [9.17, 15) is 9.59 Å². The van der Waals surface area contributed by atoms with Crippen molar-refractivity contribution >= 4 is 35.0 Å². The molecule has 1 aromatic rings. The molecule has 2 amide bonds. The highest BCUT2D eigenvalue weighted by Crippen LogP contribution is 2.20. The first-order valence-corrected chi connectivity index (χ1v) is 6.33. The molecule has 1 heterocycles. The van der Waals surface area contributed by atoms with Crippen LogP contribution in [0.2, 0.25) is 10.0 Å². The normalized spacial score (nSPS) is 19.8. The van der Waals surface area contributed by atoms with Crippen molar-refractivity contribution in [2.24, 2.45) is 0 Å². The number of halogens is 2. The minimum atomic E-state index is -0.363. The predicted octanol–water partition coefficient (Wildman–Crippen LogP) is 1.89. The summed E-state index contributed by atoms with van der Waals surface area (Å²) in [5.74, 6) is -0.511. The predicted molar refractivity (Wildman–Crippen MR) is 69.5 cm³/mol. The monoisotopic (exact) mass is 286 g/mol. The van der Waals surface area contributed by atoms with Crippen LogP contribution in [0.25, 0.3) is 0 Å². The van der Waals surface area contributed by atoms with Crippen molar-refractivity contribution in [2.45, 2.75) is 25.4 Å². The van der Waals surface area contributed by atoms with Crippen LogP contribution >= 0.6 is 23.2 Å². The van der Waals surface area contributed by atoms with Crippen LogP contribution in [0, 0.1) is 0 Å². The van der Waals surface area contributed by atoms with Crippen molar-refractivity contribution < 1.29 is 9.59 Å². The number of hydrogen-bond acceptors (Lipinski definition) is 3. The van der Waals surface area contributed by atoms with E-state index in [1.54, 1.807) is 18.2 Å². The zero-order valence-electron chi connectivity index (χ0n) is 9.50. The van der Waals surface area contributed by atoms with Gasteiger partial charge in [0.15, 0.2) is 0 Å². The lowest BCUT2D eigenvalue weighted by Crippen LogP contribution is -2.50. The molecule has 0 aliphatic carbocycles. The van der Waals surface area contributed by atoms with Crippen LogP contribution in [0.15, 0.2) is 18.2 Å². The van der Waals surface area contributed by atoms with Crippen LogP contribution in [0.3, 0.4) is 0 Å². The molecule has 0 bridgehead atoms. The van der Waals surface area contributed by atoms with Gasteiger partial charge in [0.2, 0.25) is 11.8 Å². The van der Waals surface area contributed by atoms with E-state index in [2.05, 4.69) is 10.6 Å². The quantitative estimate of drug-likeness (QED) is 0.835. The van der Waals surface area contributed by atoms with Gasteiger partial charge in [-0.2, -0.15) is 0 Å². The number of amides is 2. The Kier molecular flexibility index (Phi) is 4.22. The fourth-order valence-electron chi connectivity index (χ4n) is 1.80. The summed E-state index contributed by atoms with van der Waals surface area (Å²) in [6, 6.07) is 4.81. The van der Waals surface area contributed by atoms with Gasteiger partial charge in [-0.05, 0) is 30.2 Å². The molecule has 18 heavy (non-hydrogen) atoms. The van der Waals surface area contributed by atoms with Crippen LogP contribution < -0.4 is 10.6 Å². The number of rotatable bonds is 3. The zero-order chi connectivity index (χ0) is 13.1. The minimum absolute atomic E-state index is 0.223. The lowest BCUT2D eigenvalue weighted by Gasteiger charge is -2.22. The van der Waals surface area contributed by atoms with Crippen LogP contribution in [0.1, 0.15) is 18.4 Å². The highest BCUT2D eigenvalue weighted by molar-refractivity contribution is 6.33. The van der Waals surface area contributed by atoms with Gasteiger partial charge in [0.1, 0.15) is 0 Å². The lowest BCUT2D eigenvalue weighted by molar-refractivity contribution is -0.134. The number of piperidine rings is 1. The smallest absolute Gasteiger partial charge is 0.243 e. The summed E-state index contributed by atoms with van der Waals surface area (Å²) >= 11 is 11.9. The van der Waals surface area contributed by atoms with E-state index in [1.165, 1.54) is 0 Å². The van der Waals surface area contributed by atoms with Gasteiger partial charge in [-0.25, -0.2) is 0 Å². The van der Waals surface area contributed by atoms with Gasteiger partial charge >= 0.3 is 0 Å². The van der Waals surface area contributed by atoms with Gasteiger partial charge in [0.25, 0.3) is 0 Å². The summed E-state index contributed by atoms with van der Waals surface area (Å²) in [6.07, 6.45) is 0.857. The lowest BCUT2D eigenvalue weighted by atomic mass is 10.1. The third kappa shape index (κ3) is 3.22. The molecular weight excluding hydrogens is 275 g/mol. The van der Waals surface area contributed by atoms with E-state index in [0.717, 1.165) is 5.56 Å². The summed E-state index contributed by atoms with van der Waals surface area (Å²) in [7, 11) is 0. The molecule has 0 radical (unpaired) electrons. The van der Waals surface area contributed by atoms with Crippen molar-refractivity contribution in [1.82, 2.24) is 10.6 Å². The van der Waals surface area contributed by atoms with Crippen molar-refractivity contribution in [3.8, 4) is 0 Å². The molecule has 6 heteroatoms. The van der Waals surface area contributed by atoms with Crippen LogP contribution in [-0.4, -0.2) is 17.9 Å². The van der Waals surface area contributed by atoms with Gasteiger partial charge in [0.05, 0.1) is 6.04 Å². The summed E-state index contributed by atoms with van der Waals surface area (Å²) in [6.45, 7) is 0.436. The molecule has 1 aliphatic rings. The number of benzene rings is 1. The van der Waals surface area contributed by atoms with Crippen LogP contribution in [0.4, 0.5) is 0 Å². The van der Waals surface area contributed by atoms with Crippen LogP contribution in [0.5, 0.6) is 0 Å². The van der Waals surface area contributed by atoms with E-state index in [0.29, 0.717) is 29.4 Å². The largest absolute Gasteiger partial charge is 0.302 e. The molecule has 96 valence electrons. The average Bonchev–Trinajstić information content (AvgIpc) is 2.32. The van der Waals surface area contributed by atoms with Gasteiger partial charge in [-0.1, -0.05) is 23.2 Å². The molecule has 1 atom stereocenters. The number of carbonyl (C=O) groups excluding carboxylic acids is 2. The number of hydrogen-bond donors (Lipinski definition) is 2. The number of carbonyl (C=O) groups is 2. The summed E-state index contributed by atoms with van der Waals surface area (Å²) in [5.41, 5.74) is 0.828. The maximum atomic E-state index is 11.5. The molecule has 1 fully saturated rings. The van der Waals surface area contributed by atoms with E-state index in [1.807, 2.05) is 0 Å². The van der Waals surface area contributed by atoms with Gasteiger partial charge in [-0.15, -0.1) is 0 Å². The van der Waals surface area contributed by atoms with Crippen molar-refractivity contribution in [1.29, 1.82) is 0 Å².